The second-order valence-corrected chi connectivity index (χ2v) is 7.26. The van der Waals surface area contributed by atoms with Crippen LogP contribution in [-0.4, -0.2) is 54.8 Å². The second kappa shape index (κ2) is 8.52. The van der Waals surface area contributed by atoms with Crippen LogP contribution in [0.25, 0.3) is 0 Å². The van der Waals surface area contributed by atoms with E-state index in [1.54, 1.807) is 4.90 Å². The average Bonchev–Trinajstić information content (AvgIpc) is 2.93. The molecule has 23 heavy (non-hydrogen) atoms. The van der Waals surface area contributed by atoms with Gasteiger partial charge in [-0.3, -0.25) is 4.79 Å². The SMILES string of the molecule is CCC(C)C(NCC1CCCN1C(=O)OC(C)(C)C)C(=O)OC. The Morgan fingerprint density at radius 3 is 2.52 bits per heavy atom. The molecular weight excluding hydrogens is 296 g/mol. The van der Waals surface area contributed by atoms with E-state index in [0.717, 1.165) is 19.3 Å². The molecule has 1 rings (SSSR count). The van der Waals surface area contributed by atoms with E-state index in [-0.39, 0.29) is 30.1 Å². The Morgan fingerprint density at radius 1 is 1.35 bits per heavy atom. The molecule has 6 heteroatoms. The summed E-state index contributed by atoms with van der Waals surface area (Å²) in [6, 6.07) is -0.285. The quantitative estimate of drug-likeness (QED) is 0.759. The van der Waals surface area contributed by atoms with Crippen LogP contribution >= 0.6 is 0 Å². The smallest absolute Gasteiger partial charge is 0.410 e. The molecule has 1 aliphatic rings. The van der Waals surface area contributed by atoms with Crippen molar-refractivity contribution >= 4 is 12.1 Å². The van der Waals surface area contributed by atoms with Gasteiger partial charge in [0.2, 0.25) is 0 Å². The highest BCUT2D eigenvalue weighted by Crippen LogP contribution is 2.21. The Bertz CT molecular complexity index is 406. The van der Waals surface area contributed by atoms with Crippen molar-refractivity contribution in [1.82, 2.24) is 10.2 Å². The zero-order valence-corrected chi connectivity index (χ0v) is 15.3. The fourth-order valence-corrected chi connectivity index (χ4v) is 2.75. The van der Waals surface area contributed by atoms with Crippen LogP contribution in [0.1, 0.15) is 53.9 Å². The van der Waals surface area contributed by atoms with Crippen LogP contribution in [0.2, 0.25) is 0 Å². The molecule has 0 aromatic heterocycles. The van der Waals surface area contributed by atoms with Gasteiger partial charge in [-0.15, -0.1) is 0 Å². The summed E-state index contributed by atoms with van der Waals surface area (Å²) in [6.07, 6.45) is 2.48. The van der Waals surface area contributed by atoms with Crippen LogP contribution in [0, 0.1) is 5.92 Å². The third-order valence-corrected chi connectivity index (χ3v) is 4.25. The first-order chi connectivity index (χ1) is 10.7. The van der Waals surface area contributed by atoms with Crippen LogP contribution in [-0.2, 0) is 14.3 Å². The average molecular weight is 328 g/mol. The van der Waals surface area contributed by atoms with Crippen LogP contribution in [0.5, 0.6) is 0 Å². The minimum Gasteiger partial charge on any atom is -0.468 e. The van der Waals surface area contributed by atoms with Crippen molar-refractivity contribution in [2.24, 2.45) is 5.92 Å². The van der Waals surface area contributed by atoms with E-state index in [1.165, 1.54) is 7.11 Å². The molecule has 1 amide bonds. The summed E-state index contributed by atoms with van der Waals surface area (Å²) < 4.78 is 10.3. The highest BCUT2D eigenvalue weighted by molar-refractivity contribution is 5.76. The number of carbonyl (C=O) groups is 2. The largest absolute Gasteiger partial charge is 0.468 e. The molecule has 0 bridgehead atoms. The number of carbonyl (C=O) groups excluding carboxylic acids is 2. The fraction of sp³-hybridized carbons (Fsp3) is 0.882. The maximum atomic E-state index is 12.3. The lowest BCUT2D eigenvalue weighted by atomic mass is 9.99. The molecule has 1 heterocycles. The maximum absolute atomic E-state index is 12.3. The molecular formula is C17H32N2O4. The Hall–Kier alpha value is -1.30. The van der Waals surface area contributed by atoms with Gasteiger partial charge in [-0.05, 0) is 39.5 Å². The predicted octanol–water partition coefficient (Wildman–Crippen LogP) is 2.56. The normalized spacial score (nSPS) is 21.0. The van der Waals surface area contributed by atoms with E-state index >= 15 is 0 Å². The van der Waals surface area contributed by atoms with Crippen LogP contribution in [0.4, 0.5) is 4.79 Å². The first kappa shape index (κ1) is 19.7. The molecule has 1 aliphatic heterocycles. The van der Waals surface area contributed by atoms with Gasteiger partial charge in [0, 0.05) is 19.1 Å². The van der Waals surface area contributed by atoms with Crippen molar-refractivity contribution in [3.8, 4) is 0 Å². The number of amides is 1. The topological polar surface area (TPSA) is 67.9 Å². The lowest BCUT2D eigenvalue weighted by Crippen LogP contribution is -2.49. The van der Waals surface area contributed by atoms with E-state index in [1.807, 2.05) is 34.6 Å². The Kier molecular flexibility index (Phi) is 7.32. The van der Waals surface area contributed by atoms with E-state index in [9.17, 15) is 9.59 Å². The number of hydrogen-bond donors (Lipinski definition) is 1. The van der Waals surface area contributed by atoms with Gasteiger partial charge in [-0.2, -0.15) is 0 Å². The second-order valence-electron chi connectivity index (χ2n) is 7.26. The van der Waals surface area contributed by atoms with Gasteiger partial charge >= 0.3 is 12.1 Å². The molecule has 1 saturated heterocycles. The van der Waals surface area contributed by atoms with E-state index < -0.39 is 5.60 Å². The van der Waals surface area contributed by atoms with Crippen molar-refractivity contribution in [3.63, 3.8) is 0 Å². The van der Waals surface area contributed by atoms with Gasteiger partial charge in [-0.25, -0.2) is 4.79 Å². The van der Waals surface area contributed by atoms with Gasteiger partial charge in [0.05, 0.1) is 7.11 Å². The maximum Gasteiger partial charge on any atom is 0.410 e. The number of nitrogens with one attached hydrogen (secondary N) is 1. The fourth-order valence-electron chi connectivity index (χ4n) is 2.75. The van der Waals surface area contributed by atoms with E-state index in [4.69, 9.17) is 9.47 Å². The van der Waals surface area contributed by atoms with Crippen LogP contribution < -0.4 is 5.32 Å². The Balaban J connectivity index is 2.63. The molecule has 134 valence electrons. The molecule has 1 N–H and O–H groups in total. The minimum atomic E-state index is -0.497. The predicted molar refractivity (Wildman–Crippen MR) is 89.2 cm³/mol. The van der Waals surface area contributed by atoms with Gasteiger partial charge in [0.25, 0.3) is 0 Å². The Morgan fingerprint density at radius 2 is 2.00 bits per heavy atom. The number of nitrogens with zero attached hydrogens (tertiary/aromatic N) is 1. The molecule has 6 nitrogen and oxygen atoms in total. The van der Waals surface area contributed by atoms with Crippen LogP contribution in [0.3, 0.4) is 0 Å². The molecule has 0 aliphatic carbocycles. The highest BCUT2D eigenvalue weighted by Gasteiger charge is 2.33. The molecule has 1 fully saturated rings. The summed E-state index contributed by atoms with van der Waals surface area (Å²) in [7, 11) is 1.40. The van der Waals surface area contributed by atoms with Crippen molar-refractivity contribution in [2.45, 2.75) is 71.6 Å². The van der Waals surface area contributed by atoms with Crippen molar-refractivity contribution in [2.75, 3.05) is 20.2 Å². The Labute approximate surface area is 139 Å². The summed E-state index contributed by atoms with van der Waals surface area (Å²) in [5.74, 6) is -0.0694. The summed E-state index contributed by atoms with van der Waals surface area (Å²) in [4.78, 5) is 26.0. The lowest BCUT2D eigenvalue weighted by Gasteiger charge is -2.30. The monoisotopic (exact) mass is 328 g/mol. The summed E-state index contributed by atoms with van der Waals surface area (Å²) in [5.41, 5.74) is -0.497. The third-order valence-electron chi connectivity index (χ3n) is 4.25. The summed E-state index contributed by atoms with van der Waals surface area (Å²) in [5, 5.41) is 3.29. The number of esters is 1. The van der Waals surface area contributed by atoms with Gasteiger partial charge in [0.1, 0.15) is 11.6 Å². The lowest BCUT2D eigenvalue weighted by molar-refractivity contribution is -0.144. The molecule has 0 aromatic rings. The zero-order valence-electron chi connectivity index (χ0n) is 15.3. The summed E-state index contributed by atoms with van der Waals surface area (Å²) >= 11 is 0. The molecule has 3 atom stereocenters. The molecule has 0 radical (unpaired) electrons. The van der Waals surface area contributed by atoms with E-state index in [2.05, 4.69) is 5.32 Å². The van der Waals surface area contributed by atoms with E-state index in [0.29, 0.717) is 13.1 Å². The van der Waals surface area contributed by atoms with Crippen LogP contribution in [0.15, 0.2) is 0 Å². The molecule has 0 aromatic carbocycles. The number of rotatable bonds is 6. The van der Waals surface area contributed by atoms with Gasteiger partial charge in [0.15, 0.2) is 0 Å². The van der Waals surface area contributed by atoms with Gasteiger partial charge < -0.3 is 19.7 Å². The zero-order chi connectivity index (χ0) is 17.6. The highest BCUT2D eigenvalue weighted by atomic mass is 16.6. The third kappa shape index (κ3) is 6.01. The molecule has 3 unspecified atom stereocenters. The van der Waals surface area contributed by atoms with Crippen molar-refractivity contribution in [3.05, 3.63) is 0 Å². The first-order valence-electron chi connectivity index (χ1n) is 8.50. The molecule has 0 spiro atoms. The number of likely N-dealkylation sites (tertiary alicyclic amines) is 1. The van der Waals surface area contributed by atoms with Crippen molar-refractivity contribution in [1.29, 1.82) is 0 Å². The van der Waals surface area contributed by atoms with Gasteiger partial charge in [-0.1, -0.05) is 20.3 Å². The number of hydrogen-bond acceptors (Lipinski definition) is 5. The first-order valence-corrected chi connectivity index (χ1v) is 8.50. The summed E-state index contributed by atoms with van der Waals surface area (Å²) in [6.45, 7) is 10.9. The molecule has 0 saturated carbocycles. The number of ether oxygens (including phenoxy) is 2. The standard InChI is InChI=1S/C17H32N2O4/c1-7-12(2)14(15(20)22-6)18-11-13-9-8-10-19(13)16(21)23-17(3,4)5/h12-14,18H,7-11H2,1-6H3. The number of methoxy groups -OCH3 is 1. The van der Waals surface area contributed by atoms with Crippen molar-refractivity contribution < 1.29 is 19.1 Å². The minimum absolute atomic E-state index is 0.0565.